The van der Waals surface area contributed by atoms with Gasteiger partial charge in [0, 0.05) is 79.1 Å². The Morgan fingerprint density at radius 2 is 1.21 bits per heavy atom. The lowest BCUT2D eigenvalue weighted by Crippen LogP contribution is -2.44. The van der Waals surface area contributed by atoms with Gasteiger partial charge in [-0.3, -0.25) is 9.59 Å². The number of carbonyl (C=O) groups is 2. The highest BCUT2D eigenvalue weighted by Gasteiger charge is 2.81. The molecule has 1 spiro atoms. The molecule has 8 atom stereocenters. The van der Waals surface area contributed by atoms with E-state index in [2.05, 4.69) is 20.6 Å². The molecule has 2 N–H and O–H groups in total. The second-order valence-electron chi connectivity index (χ2n) is 21.2. The van der Waals surface area contributed by atoms with Gasteiger partial charge < -0.3 is 48.2 Å². The second-order valence-corrected chi connectivity index (χ2v) is 21.2. The first kappa shape index (κ1) is 46.0. The number of oxazole rings is 2. The lowest BCUT2D eigenvalue weighted by Gasteiger charge is -2.37. The minimum atomic E-state index is -4.78. The van der Waals surface area contributed by atoms with E-state index in [-0.39, 0.29) is 77.3 Å². The first-order valence-electron chi connectivity index (χ1n) is 24.0. The SMILES string of the molecule is O=C(Nc1cc(F)c(OC2CC3C4C2C34)c(F)c1)c1nc(N2CC3CC(C4C5CC(Oc6c(F)cc(NC(=O)c7nc(N8CCC9(COC9)C8)oc7CC(F)(F)F)cc6F)CC54)OC3C2)oc1CC(F)(F)F. The van der Waals surface area contributed by atoms with E-state index < -0.39 is 101 Å². The van der Waals surface area contributed by atoms with E-state index in [0.29, 0.717) is 82.2 Å². The van der Waals surface area contributed by atoms with Crippen LogP contribution >= 0.6 is 0 Å². The molecule has 72 heavy (non-hydrogen) atoms. The third kappa shape index (κ3) is 8.17. The van der Waals surface area contributed by atoms with E-state index in [9.17, 15) is 35.9 Å². The van der Waals surface area contributed by atoms with Crippen molar-refractivity contribution in [1.29, 1.82) is 0 Å². The molecule has 4 saturated heterocycles. The molecule has 2 bridgehead atoms. The van der Waals surface area contributed by atoms with Gasteiger partial charge >= 0.3 is 12.4 Å². The maximum absolute atomic E-state index is 15.4. The third-order valence-corrected chi connectivity index (χ3v) is 16.5. The summed E-state index contributed by atoms with van der Waals surface area (Å²) < 4.78 is 177. The zero-order valence-corrected chi connectivity index (χ0v) is 37.8. The molecule has 6 saturated carbocycles. The number of fused-ring (bicyclic) bond motifs is 3. The number of anilines is 4. The molecule has 2 amide bonds. The zero-order chi connectivity index (χ0) is 49.9. The van der Waals surface area contributed by atoms with Crippen LogP contribution in [0.2, 0.25) is 0 Å². The number of hydrogen-bond donors (Lipinski definition) is 2. The molecule has 4 aromatic rings. The van der Waals surface area contributed by atoms with Crippen LogP contribution in [0.1, 0.15) is 64.6 Å². The van der Waals surface area contributed by atoms with Gasteiger partial charge in [0.1, 0.15) is 30.5 Å². The number of nitrogens with zero attached hydrogens (tertiary/aromatic N) is 4. The van der Waals surface area contributed by atoms with E-state index >= 15 is 17.6 Å². The summed E-state index contributed by atoms with van der Waals surface area (Å²) in [6.45, 7) is 2.32. The molecule has 2 aromatic carbocycles. The monoisotopic (exact) mass is 1020 g/mol. The second kappa shape index (κ2) is 16.1. The van der Waals surface area contributed by atoms with Crippen molar-refractivity contribution in [3.63, 3.8) is 0 Å². The number of amides is 2. The lowest BCUT2D eigenvalue weighted by molar-refractivity contribution is -0.131. The van der Waals surface area contributed by atoms with Gasteiger partial charge in [0.25, 0.3) is 23.8 Å². The summed E-state index contributed by atoms with van der Waals surface area (Å²) in [4.78, 5) is 38.0. The van der Waals surface area contributed by atoms with Crippen LogP contribution in [0.5, 0.6) is 11.5 Å². The fourth-order valence-corrected chi connectivity index (χ4v) is 13.1. The molecule has 6 heterocycles. The molecule has 0 radical (unpaired) electrons. The van der Waals surface area contributed by atoms with Crippen molar-refractivity contribution in [2.45, 2.75) is 81.7 Å². The maximum atomic E-state index is 15.4. The van der Waals surface area contributed by atoms with Gasteiger partial charge in [-0.05, 0) is 67.6 Å². The fourth-order valence-electron chi connectivity index (χ4n) is 13.1. The number of alkyl halides is 6. The third-order valence-electron chi connectivity index (χ3n) is 16.5. The lowest BCUT2D eigenvalue weighted by atomic mass is 9.85. The van der Waals surface area contributed by atoms with Crippen LogP contribution in [0.15, 0.2) is 33.1 Å². The summed E-state index contributed by atoms with van der Waals surface area (Å²) in [7, 11) is 0. The van der Waals surface area contributed by atoms with Gasteiger partial charge in [0.15, 0.2) is 46.2 Å². The van der Waals surface area contributed by atoms with Crippen LogP contribution in [0.3, 0.4) is 0 Å². The average molecular weight is 1020 g/mol. The molecular weight excluding hydrogens is 979 g/mol. The minimum Gasteiger partial charge on any atom is -0.484 e. The van der Waals surface area contributed by atoms with E-state index in [1.165, 1.54) is 0 Å². The Bertz CT molecular complexity index is 2800. The molecule has 6 aliphatic carbocycles. The Hall–Kier alpha value is -5.78. The van der Waals surface area contributed by atoms with Gasteiger partial charge in [-0.15, -0.1) is 0 Å². The van der Waals surface area contributed by atoms with E-state index in [4.69, 9.17) is 27.8 Å². The summed E-state index contributed by atoms with van der Waals surface area (Å²) >= 11 is 0. The molecule has 14 rings (SSSR count). The van der Waals surface area contributed by atoms with Gasteiger partial charge in [-0.1, -0.05) is 0 Å². The Morgan fingerprint density at radius 3 is 1.68 bits per heavy atom. The summed E-state index contributed by atoms with van der Waals surface area (Å²) in [6, 6.07) is 2.88. The van der Waals surface area contributed by atoms with Crippen molar-refractivity contribution in [1.82, 2.24) is 9.97 Å². The van der Waals surface area contributed by atoms with Gasteiger partial charge in [-0.25, -0.2) is 17.6 Å². The Balaban J connectivity index is 0.607. The summed E-state index contributed by atoms with van der Waals surface area (Å²) in [5.41, 5.74) is -2.23. The van der Waals surface area contributed by atoms with Crippen LogP contribution in [-0.2, 0) is 22.3 Å². The molecule has 10 fully saturated rings. The average Bonchev–Trinajstić information content (AvgIpc) is 3.77. The molecule has 24 heteroatoms. The largest absolute Gasteiger partial charge is 0.484 e. The van der Waals surface area contributed by atoms with Crippen LogP contribution in [0.4, 0.5) is 67.3 Å². The molecule has 14 nitrogen and oxygen atoms in total. The number of aromatic nitrogens is 2. The van der Waals surface area contributed by atoms with Crippen molar-refractivity contribution in [3.05, 3.63) is 70.4 Å². The fraction of sp³-hybridized carbons (Fsp3) is 0.583. The van der Waals surface area contributed by atoms with Crippen molar-refractivity contribution < 1.29 is 81.3 Å². The molecule has 8 unspecified atom stereocenters. The highest BCUT2D eigenvalue weighted by atomic mass is 19.4. The summed E-state index contributed by atoms with van der Waals surface area (Å²) in [5, 5.41) is 4.49. The molecule has 2 aromatic heterocycles. The van der Waals surface area contributed by atoms with Crippen LogP contribution in [0.25, 0.3) is 0 Å². The topological polar surface area (TPSA) is 154 Å². The van der Waals surface area contributed by atoms with Gasteiger partial charge in [0.2, 0.25) is 0 Å². The minimum absolute atomic E-state index is 0.0633. The van der Waals surface area contributed by atoms with E-state index in [1.807, 2.05) is 0 Å². The zero-order valence-electron chi connectivity index (χ0n) is 37.8. The van der Waals surface area contributed by atoms with Crippen molar-refractivity contribution >= 4 is 35.2 Å². The quantitative estimate of drug-likeness (QED) is 0.124. The van der Waals surface area contributed by atoms with Gasteiger partial charge in [0.05, 0.1) is 31.5 Å². The Kier molecular flexibility index (Phi) is 10.3. The number of carbonyl (C=O) groups excluding carboxylic acids is 2. The number of nitrogens with one attached hydrogen (secondary N) is 2. The highest BCUT2D eigenvalue weighted by molar-refractivity contribution is 6.04. The predicted molar refractivity (Wildman–Crippen MR) is 227 cm³/mol. The summed E-state index contributed by atoms with van der Waals surface area (Å²) in [6.07, 6.45) is -11.1. The van der Waals surface area contributed by atoms with Crippen molar-refractivity contribution in [3.8, 4) is 11.5 Å². The molecular formula is C48H44F10N6O8. The van der Waals surface area contributed by atoms with E-state index in [1.54, 1.807) is 9.80 Å². The molecule has 10 aliphatic rings. The van der Waals surface area contributed by atoms with Crippen molar-refractivity contribution in [2.75, 3.05) is 59.8 Å². The van der Waals surface area contributed by atoms with Gasteiger partial charge in [-0.2, -0.15) is 36.3 Å². The number of benzene rings is 2. The number of rotatable bonds is 13. The van der Waals surface area contributed by atoms with Crippen LogP contribution in [0, 0.1) is 76.0 Å². The number of hydrogen-bond acceptors (Lipinski definition) is 12. The first-order chi connectivity index (χ1) is 34.2. The Morgan fingerprint density at radius 1 is 0.667 bits per heavy atom. The smallest absolute Gasteiger partial charge is 0.396 e. The number of halogens is 10. The number of ether oxygens (including phenoxy) is 4. The normalized spacial score (nSPS) is 32.1. The predicted octanol–water partition coefficient (Wildman–Crippen LogP) is 8.50. The first-order valence-corrected chi connectivity index (χ1v) is 24.0. The van der Waals surface area contributed by atoms with Crippen molar-refractivity contribution in [2.24, 2.45) is 52.8 Å². The van der Waals surface area contributed by atoms with E-state index in [0.717, 1.165) is 30.7 Å². The Labute approximate surface area is 402 Å². The maximum Gasteiger partial charge on any atom is 0.396 e. The van der Waals surface area contributed by atoms with Crippen LogP contribution < -0.4 is 29.9 Å². The van der Waals surface area contributed by atoms with Crippen LogP contribution in [-0.4, -0.2) is 97.9 Å². The molecule has 384 valence electrons. The highest BCUT2D eigenvalue weighted by Crippen LogP contribution is 2.82. The standard InChI is InChI=1S/C48H44F10N6O8/c49-25-4-19(59-42(65)38-31(11-47(53,54)55)71-44(61-38)63-2-1-46(15-63)16-67-17-46)5-26(50)40(25)68-21-8-22-23(9-21)34(22)29-3-18-13-64(14-33(18)69-29)45-62-39(32(72-45)12-48(56,57)58)43(66)60-20-6-27(51)41(28(52)7-20)70-30-10-24-35-36(24)37(30)35/h4-7,18,21-24,29-30,33-37H,1-3,8-17H2,(H,59,65)(H,60,66). The summed E-state index contributed by atoms with van der Waals surface area (Å²) in [5.74, 6) is -7.07. The molecule has 4 aliphatic heterocycles.